The Morgan fingerprint density at radius 1 is 0.838 bits per heavy atom. The SMILES string of the molecule is C[C@H](NC(=O)[C@H](NC(=O)OCC1c2ccccc2-c2ccccc21)[C@H](C)OCc1ccccc1)C(=O)O. The van der Waals surface area contributed by atoms with Crippen molar-refractivity contribution in [3.05, 3.63) is 95.6 Å². The molecule has 0 saturated carbocycles. The molecule has 8 heteroatoms. The van der Waals surface area contributed by atoms with E-state index in [4.69, 9.17) is 9.47 Å². The quantitative estimate of drug-likeness (QED) is 0.385. The van der Waals surface area contributed by atoms with Crippen LogP contribution in [0.15, 0.2) is 78.9 Å². The van der Waals surface area contributed by atoms with Crippen molar-refractivity contribution in [1.82, 2.24) is 10.6 Å². The first kappa shape index (κ1) is 25.9. The fourth-order valence-corrected chi connectivity index (χ4v) is 4.43. The number of amides is 2. The van der Waals surface area contributed by atoms with Crippen molar-refractivity contribution in [3.8, 4) is 11.1 Å². The van der Waals surface area contributed by atoms with Gasteiger partial charge < -0.3 is 25.2 Å². The lowest BCUT2D eigenvalue weighted by Crippen LogP contribution is -2.55. The minimum absolute atomic E-state index is 0.0823. The van der Waals surface area contributed by atoms with E-state index in [0.717, 1.165) is 27.8 Å². The molecule has 0 spiro atoms. The zero-order valence-corrected chi connectivity index (χ0v) is 20.7. The van der Waals surface area contributed by atoms with Gasteiger partial charge in [-0.15, -0.1) is 0 Å². The smallest absolute Gasteiger partial charge is 0.407 e. The summed E-state index contributed by atoms with van der Waals surface area (Å²) in [5.74, 6) is -2.00. The first-order chi connectivity index (χ1) is 17.8. The molecule has 37 heavy (non-hydrogen) atoms. The van der Waals surface area contributed by atoms with Crippen LogP contribution in [0.2, 0.25) is 0 Å². The molecule has 0 heterocycles. The van der Waals surface area contributed by atoms with E-state index in [2.05, 4.69) is 10.6 Å². The third-order valence-corrected chi connectivity index (χ3v) is 6.45. The van der Waals surface area contributed by atoms with Crippen LogP contribution in [0, 0.1) is 0 Å². The van der Waals surface area contributed by atoms with E-state index in [1.165, 1.54) is 6.92 Å². The number of carboxylic acids is 1. The molecule has 192 valence electrons. The molecule has 2 amide bonds. The largest absolute Gasteiger partial charge is 0.480 e. The summed E-state index contributed by atoms with van der Waals surface area (Å²) in [6, 6.07) is 23.1. The molecule has 0 aromatic heterocycles. The standard InChI is InChI=1S/C29H30N2O6/c1-18(28(33)34)30-27(32)26(19(2)36-16-20-10-4-3-5-11-20)31-29(35)37-17-25-23-14-8-6-12-21(23)22-13-7-9-15-24(22)25/h3-15,18-19,25-26H,16-17H2,1-2H3,(H,30,32)(H,31,35)(H,33,34)/t18-,19-,26+/m0/s1. The first-order valence-corrected chi connectivity index (χ1v) is 12.2. The molecule has 0 bridgehead atoms. The van der Waals surface area contributed by atoms with Crippen molar-refractivity contribution in [2.75, 3.05) is 6.61 Å². The van der Waals surface area contributed by atoms with Crippen molar-refractivity contribution in [2.45, 2.75) is 44.6 Å². The highest BCUT2D eigenvalue weighted by atomic mass is 16.5. The predicted molar refractivity (Wildman–Crippen MR) is 138 cm³/mol. The van der Waals surface area contributed by atoms with Crippen LogP contribution in [0.5, 0.6) is 0 Å². The number of rotatable bonds is 10. The minimum Gasteiger partial charge on any atom is -0.480 e. The summed E-state index contributed by atoms with van der Waals surface area (Å²) in [7, 11) is 0. The highest BCUT2D eigenvalue weighted by Crippen LogP contribution is 2.44. The number of fused-ring (bicyclic) bond motifs is 3. The monoisotopic (exact) mass is 502 g/mol. The molecule has 4 rings (SSSR count). The van der Waals surface area contributed by atoms with E-state index in [9.17, 15) is 19.5 Å². The second kappa shape index (κ2) is 11.7. The van der Waals surface area contributed by atoms with E-state index >= 15 is 0 Å². The van der Waals surface area contributed by atoms with Crippen LogP contribution in [0.3, 0.4) is 0 Å². The van der Waals surface area contributed by atoms with E-state index < -0.39 is 36.2 Å². The van der Waals surface area contributed by atoms with Gasteiger partial charge in [0.2, 0.25) is 5.91 Å². The van der Waals surface area contributed by atoms with E-state index in [-0.39, 0.29) is 19.1 Å². The molecule has 0 radical (unpaired) electrons. The maximum Gasteiger partial charge on any atom is 0.407 e. The third-order valence-electron chi connectivity index (χ3n) is 6.45. The molecule has 3 aromatic rings. The van der Waals surface area contributed by atoms with Gasteiger partial charge in [0, 0.05) is 5.92 Å². The number of aliphatic carboxylic acids is 1. The summed E-state index contributed by atoms with van der Waals surface area (Å²) < 4.78 is 11.4. The van der Waals surface area contributed by atoms with Gasteiger partial charge in [0.15, 0.2) is 0 Å². The zero-order chi connectivity index (χ0) is 26.4. The normalized spacial score (nSPS) is 14.5. The number of alkyl carbamates (subject to hydrolysis) is 1. The van der Waals surface area contributed by atoms with Gasteiger partial charge in [-0.2, -0.15) is 0 Å². The lowest BCUT2D eigenvalue weighted by molar-refractivity contribution is -0.142. The van der Waals surface area contributed by atoms with Gasteiger partial charge in [0.1, 0.15) is 18.7 Å². The minimum atomic E-state index is -1.19. The fourth-order valence-electron chi connectivity index (χ4n) is 4.43. The summed E-state index contributed by atoms with van der Waals surface area (Å²) in [5.41, 5.74) is 5.25. The van der Waals surface area contributed by atoms with E-state index in [1.54, 1.807) is 6.92 Å². The van der Waals surface area contributed by atoms with Crippen LogP contribution in [-0.2, 0) is 25.7 Å². The Morgan fingerprint density at radius 3 is 2.00 bits per heavy atom. The zero-order valence-electron chi connectivity index (χ0n) is 20.7. The predicted octanol–water partition coefficient (Wildman–Crippen LogP) is 4.09. The molecule has 3 aromatic carbocycles. The summed E-state index contributed by atoms with van der Waals surface area (Å²) in [5, 5.41) is 14.2. The highest BCUT2D eigenvalue weighted by molar-refractivity contribution is 5.89. The van der Waals surface area contributed by atoms with Crippen molar-refractivity contribution in [1.29, 1.82) is 0 Å². The molecular weight excluding hydrogens is 472 g/mol. The van der Waals surface area contributed by atoms with Crippen LogP contribution in [0.4, 0.5) is 4.79 Å². The number of hydrogen-bond acceptors (Lipinski definition) is 5. The number of carboxylic acid groups (broad SMARTS) is 1. The second-order valence-electron chi connectivity index (χ2n) is 9.02. The van der Waals surface area contributed by atoms with Crippen molar-refractivity contribution >= 4 is 18.0 Å². The van der Waals surface area contributed by atoms with E-state index in [0.29, 0.717) is 0 Å². The van der Waals surface area contributed by atoms with Gasteiger partial charge in [-0.3, -0.25) is 9.59 Å². The number of carbonyl (C=O) groups excluding carboxylic acids is 2. The maximum absolute atomic E-state index is 12.9. The Balaban J connectivity index is 1.43. The average Bonchev–Trinajstić information content (AvgIpc) is 3.23. The van der Waals surface area contributed by atoms with Gasteiger partial charge >= 0.3 is 12.1 Å². The van der Waals surface area contributed by atoms with Crippen LogP contribution in [-0.4, -0.2) is 47.9 Å². The summed E-state index contributed by atoms with van der Waals surface area (Å²) >= 11 is 0. The van der Waals surface area contributed by atoms with Crippen LogP contribution < -0.4 is 10.6 Å². The number of hydrogen-bond donors (Lipinski definition) is 3. The van der Waals surface area contributed by atoms with Crippen molar-refractivity contribution in [3.63, 3.8) is 0 Å². The summed E-state index contributed by atoms with van der Waals surface area (Å²) in [4.78, 5) is 37.0. The van der Waals surface area contributed by atoms with Crippen molar-refractivity contribution < 1.29 is 29.0 Å². The molecule has 0 saturated heterocycles. The highest BCUT2D eigenvalue weighted by Gasteiger charge is 2.32. The number of nitrogens with one attached hydrogen (secondary N) is 2. The lowest BCUT2D eigenvalue weighted by atomic mass is 9.98. The number of carbonyl (C=O) groups is 3. The number of benzene rings is 3. The van der Waals surface area contributed by atoms with Crippen LogP contribution in [0.1, 0.15) is 36.5 Å². The molecule has 3 N–H and O–H groups in total. The van der Waals surface area contributed by atoms with Crippen LogP contribution >= 0.6 is 0 Å². The summed E-state index contributed by atoms with van der Waals surface area (Å²) in [6.07, 6.45) is -1.55. The Morgan fingerprint density at radius 2 is 1.41 bits per heavy atom. The Kier molecular flexibility index (Phi) is 8.20. The van der Waals surface area contributed by atoms with Gasteiger partial charge in [-0.1, -0.05) is 78.9 Å². The van der Waals surface area contributed by atoms with Crippen molar-refractivity contribution in [2.24, 2.45) is 0 Å². The Bertz CT molecular complexity index is 1220. The summed E-state index contributed by atoms with van der Waals surface area (Å²) in [6.45, 7) is 3.29. The van der Waals surface area contributed by atoms with Crippen LogP contribution in [0.25, 0.3) is 11.1 Å². The number of ether oxygens (including phenoxy) is 2. The van der Waals surface area contributed by atoms with Gasteiger partial charge in [0.25, 0.3) is 0 Å². The lowest BCUT2D eigenvalue weighted by Gasteiger charge is -2.25. The fraction of sp³-hybridized carbons (Fsp3) is 0.276. The molecule has 3 atom stereocenters. The molecule has 1 aliphatic carbocycles. The first-order valence-electron chi connectivity index (χ1n) is 12.2. The average molecular weight is 503 g/mol. The third kappa shape index (κ3) is 6.16. The Hall–Kier alpha value is -4.17. The second-order valence-corrected chi connectivity index (χ2v) is 9.02. The van der Waals surface area contributed by atoms with Gasteiger partial charge in [0.05, 0.1) is 12.7 Å². The van der Waals surface area contributed by atoms with Gasteiger partial charge in [-0.05, 0) is 41.7 Å². The molecular formula is C29H30N2O6. The molecule has 1 aliphatic rings. The topological polar surface area (TPSA) is 114 Å². The molecule has 0 aliphatic heterocycles. The maximum atomic E-state index is 12.9. The Labute approximate surface area is 215 Å². The molecule has 0 fully saturated rings. The van der Waals surface area contributed by atoms with E-state index in [1.807, 2.05) is 78.9 Å². The van der Waals surface area contributed by atoms with Gasteiger partial charge in [-0.25, -0.2) is 4.79 Å². The molecule has 0 unspecified atom stereocenters. The molecule has 8 nitrogen and oxygen atoms in total.